The van der Waals surface area contributed by atoms with E-state index in [-0.39, 0.29) is 0 Å². The average Bonchev–Trinajstić information content (AvgIpc) is 2.59. The molecule has 0 aliphatic heterocycles. The van der Waals surface area contributed by atoms with E-state index in [0.29, 0.717) is 27.8 Å². The van der Waals surface area contributed by atoms with Gasteiger partial charge in [-0.05, 0) is 35.7 Å². The third-order valence-electron chi connectivity index (χ3n) is 3.56. The summed E-state index contributed by atoms with van der Waals surface area (Å²) in [5, 5.41) is 12.6. The van der Waals surface area contributed by atoms with Crippen LogP contribution in [0.3, 0.4) is 0 Å². The minimum absolute atomic E-state index is 0.347. The second-order valence-corrected chi connectivity index (χ2v) is 5.30. The zero-order chi connectivity index (χ0) is 17.8. The van der Waals surface area contributed by atoms with Gasteiger partial charge in [-0.1, -0.05) is 30.3 Å². The van der Waals surface area contributed by atoms with E-state index in [0.717, 1.165) is 0 Å². The number of carbonyl (C=O) groups is 2. The van der Waals surface area contributed by atoms with Gasteiger partial charge in [0.2, 0.25) is 0 Å². The number of rotatable bonds is 5. The van der Waals surface area contributed by atoms with E-state index >= 15 is 0 Å². The van der Waals surface area contributed by atoms with Crippen LogP contribution >= 0.6 is 0 Å². The molecular weight excluding hydrogens is 325 g/mol. The molecule has 0 heterocycles. The molecule has 0 bridgehead atoms. The Kier molecular flexibility index (Phi) is 4.61. The fourth-order valence-electron chi connectivity index (χ4n) is 2.50. The van der Waals surface area contributed by atoms with Crippen molar-refractivity contribution >= 4 is 28.3 Å². The van der Waals surface area contributed by atoms with E-state index in [1.54, 1.807) is 42.5 Å². The van der Waals surface area contributed by atoms with Gasteiger partial charge >= 0.3 is 5.97 Å². The zero-order valence-electron chi connectivity index (χ0n) is 13.0. The van der Waals surface area contributed by atoms with Crippen LogP contribution < -0.4 is 10.1 Å². The maximum Gasteiger partial charge on any atom is 0.341 e. The van der Waals surface area contributed by atoms with E-state index in [9.17, 15) is 14.0 Å². The standard InChI is InChI=1S/C19H14FNO4/c20-12-4-3-5-13(10-12)21-19(24)16-8-9-17(25-11-18(22)23)15-7-2-1-6-14(15)16/h1-10H,11H2,(H,21,24)(H,22,23). The lowest BCUT2D eigenvalue weighted by Crippen LogP contribution is -2.13. The first-order valence-electron chi connectivity index (χ1n) is 7.48. The van der Waals surface area contributed by atoms with Gasteiger partial charge in [0.15, 0.2) is 6.61 Å². The lowest BCUT2D eigenvalue weighted by Gasteiger charge is -2.12. The summed E-state index contributed by atoms with van der Waals surface area (Å²) < 4.78 is 18.5. The maximum absolute atomic E-state index is 13.3. The summed E-state index contributed by atoms with van der Waals surface area (Å²) in [7, 11) is 0. The molecule has 0 spiro atoms. The first kappa shape index (κ1) is 16.4. The molecule has 126 valence electrons. The predicted octanol–water partition coefficient (Wildman–Crippen LogP) is 3.69. The summed E-state index contributed by atoms with van der Waals surface area (Å²) in [6, 6.07) is 15.7. The van der Waals surface area contributed by atoms with Crippen molar-refractivity contribution in [2.75, 3.05) is 11.9 Å². The number of fused-ring (bicyclic) bond motifs is 1. The molecule has 1 amide bonds. The highest BCUT2D eigenvalue weighted by Gasteiger charge is 2.14. The third-order valence-corrected chi connectivity index (χ3v) is 3.56. The number of aliphatic carboxylic acids is 1. The predicted molar refractivity (Wildman–Crippen MR) is 91.4 cm³/mol. The molecule has 2 N–H and O–H groups in total. The van der Waals surface area contributed by atoms with E-state index in [4.69, 9.17) is 9.84 Å². The zero-order valence-corrected chi connectivity index (χ0v) is 13.0. The first-order valence-corrected chi connectivity index (χ1v) is 7.48. The second-order valence-electron chi connectivity index (χ2n) is 5.30. The Balaban J connectivity index is 1.95. The number of benzene rings is 3. The van der Waals surface area contributed by atoms with E-state index in [1.165, 1.54) is 18.2 Å². The molecule has 0 aromatic heterocycles. The maximum atomic E-state index is 13.3. The molecule has 0 fully saturated rings. The molecule has 0 radical (unpaired) electrons. The van der Waals surface area contributed by atoms with Crippen LogP contribution in [0.4, 0.5) is 10.1 Å². The van der Waals surface area contributed by atoms with E-state index in [1.807, 2.05) is 0 Å². The summed E-state index contributed by atoms with van der Waals surface area (Å²) in [5.41, 5.74) is 0.725. The van der Waals surface area contributed by atoms with Crippen LogP contribution in [0, 0.1) is 5.82 Å². The molecule has 0 saturated heterocycles. The van der Waals surface area contributed by atoms with Crippen molar-refractivity contribution in [3.8, 4) is 5.75 Å². The van der Waals surface area contributed by atoms with Crippen LogP contribution in [0.25, 0.3) is 10.8 Å². The van der Waals surface area contributed by atoms with Gasteiger partial charge in [0, 0.05) is 16.6 Å². The number of carbonyl (C=O) groups excluding carboxylic acids is 1. The molecular formula is C19H14FNO4. The highest BCUT2D eigenvalue weighted by molar-refractivity contribution is 6.13. The van der Waals surface area contributed by atoms with E-state index < -0.39 is 24.3 Å². The minimum atomic E-state index is -1.09. The Hall–Kier alpha value is -3.41. The number of amides is 1. The highest BCUT2D eigenvalue weighted by atomic mass is 19.1. The Morgan fingerprint density at radius 2 is 1.76 bits per heavy atom. The van der Waals surface area contributed by atoms with Crippen LogP contribution in [0.15, 0.2) is 60.7 Å². The number of halogens is 1. The van der Waals surface area contributed by atoms with Crippen molar-refractivity contribution < 1.29 is 23.8 Å². The minimum Gasteiger partial charge on any atom is -0.481 e. The third kappa shape index (κ3) is 3.74. The number of carboxylic acids is 1. The molecule has 25 heavy (non-hydrogen) atoms. The SMILES string of the molecule is O=C(O)COc1ccc(C(=O)Nc2cccc(F)c2)c2ccccc12. The van der Waals surface area contributed by atoms with Gasteiger partial charge in [-0.3, -0.25) is 4.79 Å². The molecule has 0 atom stereocenters. The number of anilines is 1. The highest BCUT2D eigenvalue weighted by Crippen LogP contribution is 2.29. The molecule has 3 rings (SSSR count). The van der Waals surface area contributed by atoms with Gasteiger partial charge in [-0.15, -0.1) is 0 Å². The molecule has 0 aliphatic rings. The molecule has 3 aromatic carbocycles. The molecule has 0 aliphatic carbocycles. The fourth-order valence-corrected chi connectivity index (χ4v) is 2.50. The van der Waals surface area contributed by atoms with Gasteiger partial charge in [0.25, 0.3) is 5.91 Å². The van der Waals surface area contributed by atoms with Gasteiger partial charge in [0.05, 0.1) is 0 Å². The van der Waals surface area contributed by atoms with Crippen LogP contribution in [-0.2, 0) is 4.79 Å². The van der Waals surface area contributed by atoms with Crippen LogP contribution in [0.2, 0.25) is 0 Å². The van der Waals surface area contributed by atoms with Crippen LogP contribution in [0.5, 0.6) is 5.75 Å². The largest absolute Gasteiger partial charge is 0.481 e. The Labute approximate surface area is 142 Å². The summed E-state index contributed by atoms with van der Waals surface area (Å²) in [6.45, 7) is -0.473. The number of nitrogens with one attached hydrogen (secondary N) is 1. The van der Waals surface area contributed by atoms with Gasteiger partial charge < -0.3 is 15.2 Å². The average molecular weight is 339 g/mol. The summed E-state index contributed by atoms with van der Waals surface area (Å²) in [5.74, 6) is -1.55. The number of hydrogen-bond acceptors (Lipinski definition) is 3. The van der Waals surface area contributed by atoms with Crippen molar-refractivity contribution in [1.29, 1.82) is 0 Å². The Bertz CT molecular complexity index is 955. The van der Waals surface area contributed by atoms with Crippen molar-refractivity contribution in [2.45, 2.75) is 0 Å². The smallest absolute Gasteiger partial charge is 0.341 e. The Morgan fingerprint density at radius 3 is 2.48 bits per heavy atom. The topological polar surface area (TPSA) is 75.6 Å². The summed E-state index contributed by atoms with van der Waals surface area (Å²) in [4.78, 5) is 23.2. The monoisotopic (exact) mass is 339 g/mol. The van der Waals surface area contributed by atoms with Crippen LogP contribution in [-0.4, -0.2) is 23.6 Å². The van der Waals surface area contributed by atoms with Crippen molar-refractivity contribution in [3.05, 3.63) is 72.0 Å². The fraction of sp³-hybridized carbons (Fsp3) is 0.0526. The number of ether oxygens (including phenoxy) is 1. The summed E-state index contributed by atoms with van der Waals surface area (Å²) in [6.07, 6.45) is 0. The van der Waals surface area contributed by atoms with E-state index in [2.05, 4.69) is 5.32 Å². The molecule has 6 heteroatoms. The number of hydrogen-bond donors (Lipinski definition) is 2. The van der Waals surface area contributed by atoms with Gasteiger partial charge in [-0.2, -0.15) is 0 Å². The second kappa shape index (κ2) is 7.00. The Morgan fingerprint density at radius 1 is 1.00 bits per heavy atom. The normalized spacial score (nSPS) is 10.4. The van der Waals surface area contributed by atoms with Crippen molar-refractivity contribution in [1.82, 2.24) is 0 Å². The quantitative estimate of drug-likeness (QED) is 0.743. The lowest BCUT2D eigenvalue weighted by atomic mass is 10.0. The number of carboxylic acid groups (broad SMARTS) is 1. The summed E-state index contributed by atoms with van der Waals surface area (Å²) >= 11 is 0. The van der Waals surface area contributed by atoms with Crippen molar-refractivity contribution in [2.24, 2.45) is 0 Å². The molecule has 3 aromatic rings. The first-order chi connectivity index (χ1) is 12.0. The lowest BCUT2D eigenvalue weighted by molar-refractivity contribution is -0.139. The van der Waals surface area contributed by atoms with Gasteiger partial charge in [-0.25, -0.2) is 9.18 Å². The van der Waals surface area contributed by atoms with Crippen LogP contribution in [0.1, 0.15) is 10.4 Å². The molecule has 0 saturated carbocycles. The van der Waals surface area contributed by atoms with Gasteiger partial charge in [0.1, 0.15) is 11.6 Å². The molecule has 0 unspecified atom stereocenters. The van der Waals surface area contributed by atoms with Crippen molar-refractivity contribution in [3.63, 3.8) is 0 Å². The molecule has 5 nitrogen and oxygen atoms in total.